The predicted molar refractivity (Wildman–Crippen MR) is 51.3 cm³/mol. The molecule has 0 N–H and O–H groups in total. The van der Waals surface area contributed by atoms with Crippen LogP contribution in [0.4, 0.5) is 26.1 Å². The summed E-state index contributed by atoms with van der Waals surface area (Å²) in [7, 11) is 0. The molecule has 1 nitrogen and oxygen atoms in total. The van der Waals surface area contributed by atoms with Gasteiger partial charge in [0.2, 0.25) is 0 Å². The van der Waals surface area contributed by atoms with Crippen molar-refractivity contribution >= 4 is 12.4 Å². The van der Waals surface area contributed by atoms with Gasteiger partial charge < -0.3 is 17.7 Å². The first-order chi connectivity index (χ1) is 7.70. The number of benzene rings is 1. The first-order valence-corrected chi connectivity index (χ1v) is 4.68. The fourth-order valence-corrected chi connectivity index (χ4v) is 1.16. The van der Waals surface area contributed by atoms with Gasteiger partial charge in [-0.05, 0) is 6.07 Å². The van der Waals surface area contributed by atoms with Crippen LogP contribution >= 0.6 is 0 Å². The molecule has 0 aliphatic heterocycles. The molecule has 0 aliphatic rings. The molecular formula is C9H8BF6KO. The van der Waals surface area contributed by atoms with E-state index in [9.17, 15) is 26.1 Å². The molecule has 0 fully saturated rings. The molecule has 0 aliphatic carbocycles. The fourth-order valence-electron chi connectivity index (χ4n) is 1.16. The van der Waals surface area contributed by atoms with Crippen molar-refractivity contribution in [1.29, 1.82) is 0 Å². The largest absolute Gasteiger partial charge is 1.00 e. The summed E-state index contributed by atoms with van der Waals surface area (Å²) < 4.78 is 77.3. The smallest absolute Gasteiger partial charge is 0.496 e. The summed E-state index contributed by atoms with van der Waals surface area (Å²) in [4.78, 5) is 0. The third kappa shape index (κ3) is 6.46. The van der Waals surface area contributed by atoms with Crippen LogP contribution in [0.15, 0.2) is 24.3 Å². The maximum atomic E-state index is 12.5. The SMILES string of the molecule is F[B-](F)(F)c1ccccc1OCCC(F)(F)F.[K+]. The van der Waals surface area contributed by atoms with E-state index in [0.717, 1.165) is 18.2 Å². The zero-order valence-electron chi connectivity index (χ0n) is 9.48. The summed E-state index contributed by atoms with van der Waals surface area (Å²) in [5, 5.41) is 0. The van der Waals surface area contributed by atoms with Gasteiger partial charge in [-0.25, -0.2) is 0 Å². The maximum Gasteiger partial charge on any atom is 1.00 e. The Morgan fingerprint density at radius 3 is 2.11 bits per heavy atom. The molecule has 1 aromatic carbocycles. The number of rotatable bonds is 4. The van der Waals surface area contributed by atoms with E-state index in [1.165, 1.54) is 6.07 Å². The molecule has 0 unspecified atom stereocenters. The molecule has 0 heterocycles. The van der Waals surface area contributed by atoms with E-state index in [2.05, 4.69) is 4.74 Å². The first kappa shape index (κ1) is 18.3. The molecule has 18 heavy (non-hydrogen) atoms. The van der Waals surface area contributed by atoms with Gasteiger partial charge in [0, 0.05) is 0 Å². The minimum absolute atomic E-state index is 0. The zero-order valence-corrected chi connectivity index (χ0v) is 12.6. The normalized spacial score (nSPS) is 11.9. The van der Waals surface area contributed by atoms with Gasteiger partial charge in [-0.2, -0.15) is 13.2 Å². The second-order valence-electron chi connectivity index (χ2n) is 3.33. The Kier molecular flexibility index (Phi) is 7.30. The molecule has 1 rings (SSSR count). The van der Waals surface area contributed by atoms with E-state index in [1.54, 1.807) is 0 Å². The molecular weight excluding hydrogens is 288 g/mol. The van der Waals surface area contributed by atoms with Crippen molar-refractivity contribution < 1.29 is 82.2 Å². The third-order valence-corrected chi connectivity index (χ3v) is 1.91. The molecule has 0 saturated heterocycles. The number of halogens is 6. The third-order valence-electron chi connectivity index (χ3n) is 1.91. The Morgan fingerprint density at radius 2 is 1.61 bits per heavy atom. The van der Waals surface area contributed by atoms with Gasteiger partial charge in [-0.3, -0.25) is 0 Å². The summed E-state index contributed by atoms with van der Waals surface area (Å²) in [5.74, 6) is -0.566. The predicted octanol–water partition coefficient (Wildman–Crippen LogP) is 0.0762. The maximum absolute atomic E-state index is 12.5. The van der Waals surface area contributed by atoms with Crippen LogP contribution in [-0.2, 0) is 0 Å². The Morgan fingerprint density at radius 1 is 1.06 bits per heavy atom. The van der Waals surface area contributed by atoms with Gasteiger partial charge in [0.1, 0.15) is 0 Å². The number of alkyl halides is 3. The Bertz CT molecular complexity index is 378. The average Bonchev–Trinajstić information content (AvgIpc) is 2.15. The Labute approximate surface area is 142 Å². The second-order valence-corrected chi connectivity index (χ2v) is 3.33. The molecule has 9 heteroatoms. The summed E-state index contributed by atoms with van der Waals surface area (Å²) >= 11 is 0. The van der Waals surface area contributed by atoms with Crippen molar-refractivity contribution in [3.05, 3.63) is 24.3 Å². The van der Waals surface area contributed by atoms with Crippen LogP contribution in [-0.4, -0.2) is 19.8 Å². The molecule has 0 saturated carbocycles. The van der Waals surface area contributed by atoms with Crippen LogP contribution in [0, 0.1) is 0 Å². The monoisotopic (exact) mass is 296 g/mol. The number of hydrogen-bond donors (Lipinski definition) is 0. The summed E-state index contributed by atoms with van der Waals surface area (Å²) in [6.45, 7) is -6.12. The van der Waals surface area contributed by atoms with E-state index in [1.807, 2.05) is 0 Å². The van der Waals surface area contributed by atoms with Crippen molar-refractivity contribution in [2.24, 2.45) is 0 Å². The van der Waals surface area contributed by atoms with Crippen molar-refractivity contribution in [2.75, 3.05) is 6.61 Å². The number of ether oxygens (including phenoxy) is 1. The van der Waals surface area contributed by atoms with E-state index in [0.29, 0.717) is 0 Å². The van der Waals surface area contributed by atoms with Crippen molar-refractivity contribution in [3.8, 4) is 5.75 Å². The minimum Gasteiger partial charge on any atom is -0.496 e. The van der Waals surface area contributed by atoms with Crippen LogP contribution in [0.1, 0.15) is 6.42 Å². The Balaban J connectivity index is 0.00000289. The van der Waals surface area contributed by atoms with Crippen LogP contribution < -0.4 is 61.6 Å². The van der Waals surface area contributed by atoms with Crippen molar-refractivity contribution in [2.45, 2.75) is 12.6 Å². The summed E-state index contributed by atoms with van der Waals surface area (Å²) in [5.41, 5.74) is -1.02. The second kappa shape index (κ2) is 7.18. The van der Waals surface area contributed by atoms with Gasteiger partial charge in [0.05, 0.1) is 18.8 Å². The zero-order chi connectivity index (χ0) is 13.1. The molecule has 0 spiro atoms. The van der Waals surface area contributed by atoms with Crippen LogP contribution in [0.3, 0.4) is 0 Å². The molecule has 0 amide bonds. The van der Waals surface area contributed by atoms with Crippen LogP contribution in [0.25, 0.3) is 0 Å². The standard InChI is InChI=1S/C9H8BF6O.K/c11-9(12,13)5-6-17-8-4-2-1-3-7(8)10(14,15)16;/h1-4H,5-6H2;/q-1;+1. The summed E-state index contributed by atoms with van der Waals surface area (Å²) in [6, 6.07) is 4.21. The average molecular weight is 296 g/mol. The quantitative estimate of drug-likeness (QED) is 0.565. The van der Waals surface area contributed by atoms with Gasteiger partial charge in [-0.15, -0.1) is 0 Å². The van der Waals surface area contributed by atoms with Crippen LogP contribution in [0.5, 0.6) is 5.75 Å². The number of para-hydroxylation sites is 1. The van der Waals surface area contributed by atoms with Gasteiger partial charge in [0.25, 0.3) is 0 Å². The van der Waals surface area contributed by atoms with Crippen molar-refractivity contribution in [1.82, 2.24) is 0 Å². The molecule has 0 bridgehead atoms. The molecule has 0 atom stereocenters. The first-order valence-electron chi connectivity index (χ1n) is 4.68. The van der Waals surface area contributed by atoms with E-state index >= 15 is 0 Å². The van der Waals surface area contributed by atoms with E-state index < -0.39 is 37.4 Å². The molecule has 96 valence electrons. The van der Waals surface area contributed by atoms with E-state index in [-0.39, 0.29) is 51.4 Å². The van der Waals surface area contributed by atoms with Gasteiger partial charge in [0.15, 0.2) is 0 Å². The number of hydrogen-bond acceptors (Lipinski definition) is 1. The Hall–Kier alpha value is 0.301. The topological polar surface area (TPSA) is 9.23 Å². The van der Waals surface area contributed by atoms with Gasteiger partial charge >= 0.3 is 64.5 Å². The molecule has 1 aromatic rings. The minimum atomic E-state index is -5.29. The van der Waals surface area contributed by atoms with Crippen LogP contribution in [0.2, 0.25) is 0 Å². The fraction of sp³-hybridized carbons (Fsp3) is 0.333. The summed E-state index contributed by atoms with van der Waals surface area (Å²) in [6.07, 6.45) is -5.73. The molecule has 0 radical (unpaired) electrons. The van der Waals surface area contributed by atoms with E-state index in [4.69, 9.17) is 0 Å². The van der Waals surface area contributed by atoms with Crippen molar-refractivity contribution in [3.63, 3.8) is 0 Å². The van der Waals surface area contributed by atoms with Gasteiger partial charge in [-0.1, -0.05) is 23.7 Å². The molecule has 0 aromatic heterocycles.